The van der Waals surface area contributed by atoms with E-state index in [1.807, 2.05) is 6.92 Å². The molecule has 1 aliphatic rings. The average molecular weight is 246 g/mol. The minimum Gasteiger partial charge on any atom is -0.334 e. The molecule has 2 rings (SSSR count). The monoisotopic (exact) mass is 246 g/mol. The lowest BCUT2D eigenvalue weighted by Gasteiger charge is -2.31. The molecule has 0 saturated heterocycles. The van der Waals surface area contributed by atoms with Gasteiger partial charge in [0.1, 0.15) is 5.54 Å². The van der Waals surface area contributed by atoms with Gasteiger partial charge in [-0.15, -0.1) is 0 Å². The van der Waals surface area contributed by atoms with Gasteiger partial charge in [0.2, 0.25) is 0 Å². The highest BCUT2D eigenvalue weighted by molar-refractivity contribution is 5.95. The van der Waals surface area contributed by atoms with Gasteiger partial charge in [0.25, 0.3) is 5.91 Å². The van der Waals surface area contributed by atoms with E-state index < -0.39 is 5.54 Å². The number of aryl methyl sites for hydroxylation is 1. The maximum atomic E-state index is 12.2. The fourth-order valence-electron chi connectivity index (χ4n) is 2.43. The smallest absolute Gasteiger partial charge is 0.255 e. The van der Waals surface area contributed by atoms with E-state index in [-0.39, 0.29) is 5.91 Å². The molecule has 1 aromatic heterocycles. The van der Waals surface area contributed by atoms with Crippen molar-refractivity contribution in [1.29, 1.82) is 5.26 Å². The first-order valence-electron chi connectivity index (χ1n) is 6.30. The van der Waals surface area contributed by atoms with E-state index in [0.717, 1.165) is 37.8 Å². The predicted molar refractivity (Wildman–Crippen MR) is 66.8 cm³/mol. The van der Waals surface area contributed by atoms with Crippen LogP contribution in [0.15, 0.2) is 6.20 Å². The van der Waals surface area contributed by atoms with Crippen LogP contribution in [0.2, 0.25) is 0 Å². The third kappa shape index (κ3) is 2.23. The Labute approximate surface area is 107 Å². The van der Waals surface area contributed by atoms with Crippen LogP contribution in [0.25, 0.3) is 0 Å². The standard InChI is InChI=1S/C13H18N4O/c1-10-11(8-15-17(10)2)12(18)16-13(9-14)6-4-3-5-7-13/h8H,3-7H2,1-2H3,(H,16,18). The van der Waals surface area contributed by atoms with Crippen molar-refractivity contribution in [2.75, 3.05) is 0 Å². The molecule has 18 heavy (non-hydrogen) atoms. The van der Waals surface area contributed by atoms with Crippen molar-refractivity contribution in [3.63, 3.8) is 0 Å². The number of carbonyl (C=O) groups is 1. The lowest BCUT2D eigenvalue weighted by Crippen LogP contribution is -2.48. The first-order chi connectivity index (χ1) is 8.58. The molecule has 0 aliphatic heterocycles. The zero-order chi connectivity index (χ0) is 13.2. The van der Waals surface area contributed by atoms with Gasteiger partial charge in [-0.2, -0.15) is 10.4 Å². The highest BCUT2D eigenvalue weighted by Crippen LogP contribution is 2.28. The lowest BCUT2D eigenvalue weighted by atomic mass is 9.82. The molecule has 0 radical (unpaired) electrons. The summed E-state index contributed by atoms with van der Waals surface area (Å²) in [5.74, 6) is -0.191. The van der Waals surface area contributed by atoms with Gasteiger partial charge >= 0.3 is 0 Å². The zero-order valence-corrected chi connectivity index (χ0v) is 10.9. The Morgan fingerprint density at radius 2 is 2.17 bits per heavy atom. The maximum Gasteiger partial charge on any atom is 0.255 e. The molecule has 5 nitrogen and oxygen atoms in total. The Morgan fingerprint density at radius 1 is 1.50 bits per heavy atom. The van der Waals surface area contributed by atoms with Gasteiger partial charge in [-0.3, -0.25) is 9.48 Å². The zero-order valence-electron chi connectivity index (χ0n) is 10.9. The summed E-state index contributed by atoms with van der Waals surface area (Å²) in [5.41, 5.74) is 0.687. The maximum absolute atomic E-state index is 12.2. The summed E-state index contributed by atoms with van der Waals surface area (Å²) in [6.45, 7) is 1.85. The molecule has 1 fully saturated rings. The fraction of sp³-hybridized carbons (Fsp3) is 0.615. The molecule has 1 N–H and O–H groups in total. The summed E-state index contributed by atoms with van der Waals surface area (Å²) in [6, 6.07) is 2.29. The van der Waals surface area contributed by atoms with E-state index in [1.165, 1.54) is 0 Å². The molecule has 1 aliphatic carbocycles. The molecule has 0 atom stereocenters. The molecule has 1 saturated carbocycles. The first-order valence-corrected chi connectivity index (χ1v) is 6.30. The van der Waals surface area contributed by atoms with E-state index in [9.17, 15) is 10.1 Å². The molecular formula is C13H18N4O. The highest BCUT2D eigenvalue weighted by atomic mass is 16.1. The molecule has 96 valence electrons. The van der Waals surface area contributed by atoms with Crippen molar-refractivity contribution in [3.05, 3.63) is 17.5 Å². The van der Waals surface area contributed by atoms with Crippen LogP contribution in [0.3, 0.4) is 0 Å². The van der Waals surface area contributed by atoms with Crippen LogP contribution in [0.4, 0.5) is 0 Å². The van der Waals surface area contributed by atoms with Crippen molar-refractivity contribution < 1.29 is 4.79 Å². The molecule has 0 aromatic carbocycles. The van der Waals surface area contributed by atoms with Gasteiger partial charge in [-0.05, 0) is 19.8 Å². The van der Waals surface area contributed by atoms with E-state index in [1.54, 1.807) is 17.9 Å². The highest BCUT2D eigenvalue weighted by Gasteiger charge is 2.34. The van der Waals surface area contributed by atoms with E-state index >= 15 is 0 Å². The van der Waals surface area contributed by atoms with Gasteiger partial charge in [-0.1, -0.05) is 19.3 Å². The Hall–Kier alpha value is -1.83. The third-order valence-corrected chi connectivity index (χ3v) is 3.75. The lowest BCUT2D eigenvalue weighted by molar-refractivity contribution is 0.0902. The summed E-state index contributed by atoms with van der Waals surface area (Å²) in [6.07, 6.45) is 6.19. The summed E-state index contributed by atoms with van der Waals surface area (Å²) < 4.78 is 1.66. The van der Waals surface area contributed by atoms with Crippen LogP contribution < -0.4 is 5.32 Å². The van der Waals surface area contributed by atoms with Gasteiger partial charge in [0, 0.05) is 12.7 Å². The van der Waals surface area contributed by atoms with Gasteiger partial charge in [0.15, 0.2) is 0 Å². The number of rotatable bonds is 2. The van der Waals surface area contributed by atoms with Crippen molar-refractivity contribution in [2.45, 2.75) is 44.6 Å². The van der Waals surface area contributed by atoms with Crippen molar-refractivity contribution in [2.24, 2.45) is 7.05 Å². The van der Waals surface area contributed by atoms with Crippen LogP contribution in [-0.4, -0.2) is 21.2 Å². The van der Waals surface area contributed by atoms with Crippen molar-refractivity contribution >= 4 is 5.91 Å². The minimum absolute atomic E-state index is 0.191. The van der Waals surface area contributed by atoms with E-state index in [0.29, 0.717) is 5.56 Å². The Bertz CT molecular complexity index is 492. The Morgan fingerprint density at radius 3 is 2.67 bits per heavy atom. The molecule has 0 bridgehead atoms. The number of nitrogens with zero attached hydrogens (tertiary/aromatic N) is 3. The number of carbonyl (C=O) groups excluding carboxylic acids is 1. The quantitative estimate of drug-likeness (QED) is 0.863. The number of hydrogen-bond donors (Lipinski definition) is 1. The molecular weight excluding hydrogens is 228 g/mol. The predicted octanol–water partition coefficient (Wildman–Crippen LogP) is 1.68. The number of amides is 1. The third-order valence-electron chi connectivity index (χ3n) is 3.75. The van der Waals surface area contributed by atoms with Crippen molar-refractivity contribution in [1.82, 2.24) is 15.1 Å². The fourth-order valence-corrected chi connectivity index (χ4v) is 2.43. The topological polar surface area (TPSA) is 70.7 Å². The van der Waals surface area contributed by atoms with E-state index in [2.05, 4.69) is 16.5 Å². The normalized spacial score (nSPS) is 18.1. The summed E-state index contributed by atoms with van der Waals surface area (Å²) in [4.78, 5) is 12.2. The van der Waals surface area contributed by atoms with Crippen LogP contribution in [0, 0.1) is 18.3 Å². The average Bonchev–Trinajstić information content (AvgIpc) is 2.71. The Kier molecular flexibility index (Phi) is 3.37. The molecule has 0 spiro atoms. The van der Waals surface area contributed by atoms with E-state index in [4.69, 9.17) is 0 Å². The van der Waals surface area contributed by atoms with Gasteiger partial charge < -0.3 is 5.32 Å². The van der Waals surface area contributed by atoms with Crippen LogP contribution >= 0.6 is 0 Å². The molecule has 5 heteroatoms. The minimum atomic E-state index is -0.683. The molecule has 1 aromatic rings. The Balaban J connectivity index is 2.16. The largest absolute Gasteiger partial charge is 0.334 e. The second kappa shape index (κ2) is 4.81. The van der Waals surface area contributed by atoms with Gasteiger partial charge in [0.05, 0.1) is 17.8 Å². The summed E-state index contributed by atoms with van der Waals surface area (Å²) >= 11 is 0. The number of nitrogens with one attached hydrogen (secondary N) is 1. The van der Waals surface area contributed by atoms with Crippen molar-refractivity contribution in [3.8, 4) is 6.07 Å². The number of hydrogen-bond acceptors (Lipinski definition) is 3. The van der Waals surface area contributed by atoms with Crippen LogP contribution in [0.5, 0.6) is 0 Å². The SMILES string of the molecule is Cc1c(C(=O)NC2(C#N)CCCCC2)cnn1C. The molecule has 1 amide bonds. The number of nitriles is 1. The number of aromatic nitrogens is 2. The molecule has 0 unspecified atom stereocenters. The second-order valence-electron chi connectivity index (χ2n) is 4.98. The summed E-state index contributed by atoms with van der Waals surface area (Å²) in [7, 11) is 1.80. The van der Waals surface area contributed by atoms with Crippen LogP contribution in [0.1, 0.15) is 48.2 Å². The molecule has 1 heterocycles. The second-order valence-corrected chi connectivity index (χ2v) is 4.98. The van der Waals surface area contributed by atoms with Crippen LogP contribution in [-0.2, 0) is 7.05 Å². The van der Waals surface area contributed by atoms with Gasteiger partial charge in [-0.25, -0.2) is 0 Å². The summed E-state index contributed by atoms with van der Waals surface area (Å²) in [5, 5.41) is 16.3. The first kappa shape index (κ1) is 12.6.